The molecule has 236 valence electrons. The summed E-state index contributed by atoms with van der Waals surface area (Å²) in [6, 6.07) is 7.03. The molecule has 0 aliphatic heterocycles. The van der Waals surface area contributed by atoms with Gasteiger partial charge in [-0.1, -0.05) is 32.0 Å². The number of carboxylic acid groups (broad SMARTS) is 1. The summed E-state index contributed by atoms with van der Waals surface area (Å²) < 4.78 is 45.1. The van der Waals surface area contributed by atoms with Crippen LogP contribution in [0.3, 0.4) is 0 Å². The van der Waals surface area contributed by atoms with Crippen LogP contribution in [0.2, 0.25) is 0 Å². The highest BCUT2D eigenvalue weighted by Gasteiger charge is 2.31. The maximum atomic E-state index is 15.4. The first-order valence-corrected chi connectivity index (χ1v) is 15.2. The Hall–Kier alpha value is -3.88. The number of carboxylic acids is 1. The highest BCUT2D eigenvalue weighted by molar-refractivity contribution is 5.82. The monoisotopic (exact) mass is 610 g/mol. The van der Waals surface area contributed by atoms with E-state index in [4.69, 9.17) is 0 Å². The van der Waals surface area contributed by atoms with Crippen molar-refractivity contribution in [2.45, 2.75) is 91.4 Å². The third-order valence-corrected chi connectivity index (χ3v) is 8.63. The zero-order valence-corrected chi connectivity index (χ0v) is 25.9. The summed E-state index contributed by atoms with van der Waals surface area (Å²) in [6.07, 6.45) is 2.90. The van der Waals surface area contributed by atoms with Gasteiger partial charge in [0.05, 0.1) is 12.5 Å². The molecule has 1 aliphatic rings. The Labute approximate surface area is 256 Å². The normalized spacial score (nSPS) is 17.7. The molecule has 2 aromatic carbocycles. The lowest BCUT2D eigenvalue weighted by molar-refractivity contribution is -0.138. The second-order valence-electron chi connectivity index (χ2n) is 12.6. The van der Waals surface area contributed by atoms with Gasteiger partial charge < -0.3 is 15.0 Å². The lowest BCUT2D eigenvalue weighted by Crippen LogP contribution is -2.40. The van der Waals surface area contributed by atoms with E-state index in [1.165, 1.54) is 16.7 Å². The lowest BCUT2D eigenvalue weighted by atomic mass is 9.79. The van der Waals surface area contributed by atoms with E-state index >= 15 is 8.78 Å². The van der Waals surface area contributed by atoms with Gasteiger partial charge in [0.2, 0.25) is 5.91 Å². The van der Waals surface area contributed by atoms with Crippen LogP contribution >= 0.6 is 0 Å². The number of benzene rings is 2. The lowest BCUT2D eigenvalue weighted by Gasteiger charge is -2.30. The Morgan fingerprint density at radius 3 is 2.30 bits per heavy atom. The number of amides is 1. The number of hydrogen-bond acceptors (Lipinski definition) is 3. The number of aromatic nitrogens is 1. The highest BCUT2D eigenvalue weighted by Crippen LogP contribution is 2.35. The van der Waals surface area contributed by atoms with Gasteiger partial charge in [-0.3, -0.25) is 14.4 Å². The number of pyridine rings is 1. The molecule has 0 radical (unpaired) electrons. The molecule has 0 spiro atoms. The van der Waals surface area contributed by atoms with Gasteiger partial charge in [0.1, 0.15) is 12.2 Å². The van der Waals surface area contributed by atoms with Crippen LogP contribution in [0.15, 0.2) is 47.4 Å². The smallest absolute Gasteiger partial charge is 0.305 e. The number of carbonyl (C=O) groups is 2. The van der Waals surface area contributed by atoms with Crippen LogP contribution in [0.25, 0.3) is 11.1 Å². The van der Waals surface area contributed by atoms with Crippen molar-refractivity contribution < 1.29 is 27.9 Å². The predicted octanol–water partition coefficient (Wildman–Crippen LogP) is 7.32. The molecule has 1 aliphatic carbocycles. The van der Waals surface area contributed by atoms with Gasteiger partial charge >= 0.3 is 5.97 Å². The topological polar surface area (TPSA) is 88.4 Å². The van der Waals surface area contributed by atoms with E-state index < -0.39 is 53.7 Å². The molecule has 6 nitrogen and oxygen atoms in total. The number of aryl methyl sites for hydroxylation is 4. The number of carbonyl (C=O) groups excluding carboxylic acids is 1. The third kappa shape index (κ3) is 7.60. The summed E-state index contributed by atoms with van der Waals surface area (Å²) in [4.78, 5) is 39.0. The zero-order chi connectivity index (χ0) is 32.3. The van der Waals surface area contributed by atoms with Crippen LogP contribution in [0.1, 0.15) is 85.9 Å². The second-order valence-corrected chi connectivity index (χ2v) is 12.6. The fourth-order valence-corrected chi connectivity index (χ4v) is 6.19. The quantitative estimate of drug-likeness (QED) is 0.225. The molecule has 0 bridgehead atoms. The molecule has 1 fully saturated rings. The Kier molecular flexibility index (Phi) is 10.4. The van der Waals surface area contributed by atoms with E-state index in [2.05, 4.69) is 5.32 Å². The van der Waals surface area contributed by atoms with E-state index in [0.29, 0.717) is 30.4 Å². The fraction of sp³-hybridized carbons (Fsp3) is 0.457. The summed E-state index contributed by atoms with van der Waals surface area (Å²) in [5, 5.41) is 12.4. The van der Waals surface area contributed by atoms with E-state index in [-0.39, 0.29) is 23.8 Å². The summed E-state index contributed by atoms with van der Waals surface area (Å²) in [6.45, 7) is 9.28. The summed E-state index contributed by atoms with van der Waals surface area (Å²) in [5.41, 5.74) is 3.66. The number of nitrogens with one attached hydrogen (secondary N) is 1. The standard InChI is InChI=1S/C35H41F3N2O4/c1-19(2)11-30(40-18-24(22(5)12-31(40)41)10-9-23-13-26(36)14-23)35(44)39-29(17-32(42)43)27-15-25(16-28(37)34(27)38)33-20(3)7-6-8-21(33)4/h6-8,12,15-16,18-19,23,26,29-30H,9-11,13-14,17H2,1-5H3,(H,39,44)(H,42,43)/t23?,26?,29-,30-/m0/s1. The van der Waals surface area contributed by atoms with Gasteiger partial charge in [-0.15, -0.1) is 0 Å². The van der Waals surface area contributed by atoms with E-state index in [1.54, 1.807) is 6.20 Å². The maximum absolute atomic E-state index is 15.4. The van der Waals surface area contributed by atoms with Crippen molar-refractivity contribution in [1.29, 1.82) is 0 Å². The van der Waals surface area contributed by atoms with Crippen LogP contribution in [0, 0.1) is 44.2 Å². The Morgan fingerprint density at radius 1 is 1.05 bits per heavy atom. The number of halogens is 3. The molecular formula is C35H41F3N2O4. The van der Waals surface area contributed by atoms with Crippen molar-refractivity contribution in [3.8, 4) is 11.1 Å². The minimum Gasteiger partial charge on any atom is -0.481 e. The summed E-state index contributed by atoms with van der Waals surface area (Å²) in [5.74, 6) is -4.13. The highest BCUT2D eigenvalue weighted by atomic mass is 19.2. The largest absolute Gasteiger partial charge is 0.481 e. The molecule has 2 N–H and O–H groups in total. The molecule has 1 amide bonds. The summed E-state index contributed by atoms with van der Waals surface area (Å²) in [7, 11) is 0. The Balaban J connectivity index is 1.71. The van der Waals surface area contributed by atoms with Crippen molar-refractivity contribution in [1.82, 2.24) is 9.88 Å². The molecule has 1 aromatic heterocycles. The number of aliphatic carboxylic acids is 1. The first-order chi connectivity index (χ1) is 20.7. The van der Waals surface area contributed by atoms with Crippen molar-refractivity contribution in [2.75, 3.05) is 0 Å². The van der Waals surface area contributed by atoms with Gasteiger partial charge in [-0.25, -0.2) is 13.2 Å². The molecule has 9 heteroatoms. The van der Waals surface area contributed by atoms with Crippen LogP contribution in [-0.4, -0.2) is 27.7 Å². The Bertz CT molecular complexity index is 1570. The number of rotatable bonds is 12. The van der Waals surface area contributed by atoms with Gasteiger partial charge in [0.25, 0.3) is 5.56 Å². The molecular weight excluding hydrogens is 569 g/mol. The molecule has 1 saturated carbocycles. The van der Waals surface area contributed by atoms with Crippen molar-refractivity contribution in [2.24, 2.45) is 11.8 Å². The molecule has 2 atom stereocenters. The predicted molar refractivity (Wildman–Crippen MR) is 164 cm³/mol. The molecule has 4 rings (SSSR count). The van der Waals surface area contributed by atoms with Crippen LogP contribution < -0.4 is 10.9 Å². The van der Waals surface area contributed by atoms with Crippen molar-refractivity contribution in [3.05, 3.63) is 92.4 Å². The molecule has 1 heterocycles. The molecule has 0 saturated heterocycles. The van der Waals surface area contributed by atoms with Gasteiger partial charge in [0.15, 0.2) is 11.6 Å². The van der Waals surface area contributed by atoms with Gasteiger partial charge in [-0.05, 0) is 110 Å². The average Bonchev–Trinajstić information content (AvgIpc) is 2.91. The minimum absolute atomic E-state index is 0.0293. The molecule has 44 heavy (non-hydrogen) atoms. The van der Waals surface area contributed by atoms with Crippen LogP contribution in [0.4, 0.5) is 13.2 Å². The van der Waals surface area contributed by atoms with Gasteiger partial charge in [0, 0.05) is 17.8 Å². The van der Waals surface area contributed by atoms with Crippen molar-refractivity contribution in [3.63, 3.8) is 0 Å². The third-order valence-electron chi connectivity index (χ3n) is 8.63. The van der Waals surface area contributed by atoms with E-state index in [9.17, 15) is 23.9 Å². The second kappa shape index (κ2) is 13.8. The Morgan fingerprint density at radius 2 is 1.70 bits per heavy atom. The number of nitrogens with zero attached hydrogens (tertiary/aromatic N) is 1. The number of alkyl halides is 1. The first-order valence-electron chi connectivity index (χ1n) is 15.2. The minimum atomic E-state index is -1.40. The van der Waals surface area contributed by atoms with Crippen LogP contribution in [-0.2, 0) is 16.0 Å². The summed E-state index contributed by atoms with van der Waals surface area (Å²) >= 11 is 0. The van der Waals surface area contributed by atoms with Crippen molar-refractivity contribution >= 4 is 11.9 Å². The number of hydrogen-bond donors (Lipinski definition) is 2. The zero-order valence-electron chi connectivity index (χ0n) is 25.9. The van der Waals surface area contributed by atoms with Gasteiger partial charge in [-0.2, -0.15) is 0 Å². The van der Waals surface area contributed by atoms with E-state index in [1.807, 2.05) is 52.8 Å². The molecule has 0 unspecified atom stereocenters. The van der Waals surface area contributed by atoms with E-state index in [0.717, 1.165) is 34.7 Å². The molecule has 3 aromatic rings. The van der Waals surface area contributed by atoms with Crippen LogP contribution in [0.5, 0.6) is 0 Å². The fourth-order valence-electron chi connectivity index (χ4n) is 6.19. The maximum Gasteiger partial charge on any atom is 0.305 e. The SMILES string of the molecule is Cc1cc(=O)n([C@@H](CC(C)C)C(=O)N[C@@H](CC(=O)O)c2cc(-c3c(C)cccc3C)cc(F)c2F)cc1CCC1CC(F)C1. The average molecular weight is 611 g/mol. The first kappa shape index (κ1) is 33.0.